The Labute approximate surface area is 135 Å². The average Bonchev–Trinajstić information content (AvgIpc) is 2.50. The Morgan fingerprint density at radius 3 is 1.24 bits per heavy atom. The third-order valence-corrected chi connectivity index (χ3v) is 4.05. The molecule has 0 aromatic heterocycles. The van der Waals surface area contributed by atoms with Crippen LogP contribution >= 0.6 is 0 Å². The third-order valence-electron chi connectivity index (χ3n) is 4.05. The first-order valence-electron chi connectivity index (χ1n) is 9.71. The molecule has 0 spiro atoms. The second kappa shape index (κ2) is 19.5. The number of rotatable bonds is 16. The Morgan fingerprint density at radius 1 is 0.429 bits per heavy atom. The molecule has 0 aliphatic rings. The molecule has 0 radical (unpaired) electrons. The van der Waals surface area contributed by atoms with E-state index < -0.39 is 0 Å². The molecule has 0 heterocycles. The van der Waals surface area contributed by atoms with Crippen molar-refractivity contribution in [3.63, 3.8) is 0 Å². The van der Waals surface area contributed by atoms with Crippen molar-refractivity contribution in [3.8, 4) is 0 Å². The quantitative estimate of drug-likeness (QED) is 0.200. The van der Waals surface area contributed by atoms with Gasteiger partial charge in [-0.1, -0.05) is 102 Å². The van der Waals surface area contributed by atoms with Gasteiger partial charge in [0.2, 0.25) is 0 Å². The number of allylic oxidation sites excluding steroid dienone is 4. The van der Waals surface area contributed by atoms with Gasteiger partial charge < -0.3 is 0 Å². The summed E-state index contributed by atoms with van der Waals surface area (Å²) in [4.78, 5) is 0. The lowest BCUT2D eigenvalue weighted by Crippen LogP contribution is -1.78. The minimum absolute atomic E-state index is 1.13. The molecule has 0 nitrogen and oxygen atoms in total. The highest BCUT2D eigenvalue weighted by Gasteiger charge is 1.88. The second-order valence-electron chi connectivity index (χ2n) is 6.29. The summed E-state index contributed by atoms with van der Waals surface area (Å²) in [7, 11) is 0. The van der Waals surface area contributed by atoms with E-state index in [9.17, 15) is 0 Å². The lowest BCUT2D eigenvalue weighted by molar-refractivity contribution is 0.611. The van der Waals surface area contributed by atoms with Gasteiger partial charge in [-0.2, -0.15) is 0 Å². The normalized spacial score (nSPS) is 11.9. The fraction of sp³-hybridized carbons (Fsp3) is 0.810. The maximum absolute atomic E-state index is 2.37. The Morgan fingerprint density at radius 2 is 0.810 bits per heavy atom. The molecule has 0 unspecified atom stereocenters. The van der Waals surface area contributed by atoms with Crippen LogP contribution in [0.15, 0.2) is 24.3 Å². The smallest absolute Gasteiger partial charge is 0.0169 e. The number of hydrogen-bond acceptors (Lipinski definition) is 0. The standard InChI is InChI=1S/C21H40/c1-3-5-7-9-11-13-15-17-19-21-20-18-16-14-12-10-8-6-4-2/h17-20H,3-16,21H2,1-2H3. The molecule has 0 N–H and O–H groups in total. The molecule has 0 rings (SSSR count). The lowest BCUT2D eigenvalue weighted by atomic mass is 10.1. The fourth-order valence-electron chi connectivity index (χ4n) is 2.59. The van der Waals surface area contributed by atoms with Gasteiger partial charge in [0.05, 0.1) is 0 Å². The second-order valence-corrected chi connectivity index (χ2v) is 6.29. The molecule has 0 aliphatic heterocycles. The highest BCUT2D eigenvalue weighted by Crippen LogP contribution is 2.08. The molecule has 0 aromatic carbocycles. The molecule has 0 saturated carbocycles. The maximum Gasteiger partial charge on any atom is -0.0169 e. The Balaban J connectivity index is 3.14. The van der Waals surface area contributed by atoms with Crippen molar-refractivity contribution in [3.05, 3.63) is 24.3 Å². The molecule has 0 bridgehead atoms. The Kier molecular flexibility index (Phi) is 19.0. The summed E-state index contributed by atoms with van der Waals surface area (Å²) in [5.74, 6) is 0. The molecule has 0 aliphatic carbocycles. The van der Waals surface area contributed by atoms with E-state index in [-0.39, 0.29) is 0 Å². The van der Waals surface area contributed by atoms with Crippen molar-refractivity contribution in [1.82, 2.24) is 0 Å². The highest BCUT2D eigenvalue weighted by atomic mass is 13.9. The zero-order valence-corrected chi connectivity index (χ0v) is 14.9. The summed E-state index contributed by atoms with van der Waals surface area (Å²) in [6.07, 6.45) is 29.9. The van der Waals surface area contributed by atoms with Crippen LogP contribution in [-0.2, 0) is 0 Å². The van der Waals surface area contributed by atoms with E-state index in [1.165, 1.54) is 89.9 Å². The van der Waals surface area contributed by atoms with Gasteiger partial charge in [-0.3, -0.25) is 0 Å². The van der Waals surface area contributed by atoms with Gasteiger partial charge in [-0.15, -0.1) is 0 Å². The molecule has 21 heavy (non-hydrogen) atoms. The highest BCUT2D eigenvalue weighted by molar-refractivity contribution is 4.92. The molecule has 0 amide bonds. The van der Waals surface area contributed by atoms with Crippen LogP contribution in [0.5, 0.6) is 0 Å². The molecular weight excluding hydrogens is 252 g/mol. The fourth-order valence-corrected chi connectivity index (χ4v) is 2.59. The summed E-state index contributed by atoms with van der Waals surface area (Å²) in [6.45, 7) is 4.56. The van der Waals surface area contributed by atoms with E-state index in [1.54, 1.807) is 0 Å². The van der Waals surface area contributed by atoms with E-state index in [1.807, 2.05) is 0 Å². The zero-order chi connectivity index (χ0) is 15.4. The largest absolute Gasteiger partial charge is 0.0882 e. The van der Waals surface area contributed by atoms with Crippen LogP contribution < -0.4 is 0 Å². The van der Waals surface area contributed by atoms with E-state index >= 15 is 0 Å². The molecular formula is C21H40. The number of hydrogen-bond donors (Lipinski definition) is 0. The van der Waals surface area contributed by atoms with Crippen molar-refractivity contribution >= 4 is 0 Å². The van der Waals surface area contributed by atoms with Gasteiger partial charge in [0.1, 0.15) is 0 Å². The molecule has 0 heteroatoms. The molecule has 0 atom stereocenters. The van der Waals surface area contributed by atoms with Gasteiger partial charge in [-0.05, 0) is 32.1 Å². The first kappa shape index (κ1) is 20.5. The van der Waals surface area contributed by atoms with Gasteiger partial charge in [-0.25, -0.2) is 0 Å². The monoisotopic (exact) mass is 292 g/mol. The van der Waals surface area contributed by atoms with Crippen LogP contribution in [0.2, 0.25) is 0 Å². The molecule has 124 valence electrons. The summed E-state index contributed by atoms with van der Waals surface area (Å²) < 4.78 is 0. The van der Waals surface area contributed by atoms with Gasteiger partial charge in [0, 0.05) is 0 Å². The van der Waals surface area contributed by atoms with Crippen molar-refractivity contribution < 1.29 is 0 Å². The van der Waals surface area contributed by atoms with Gasteiger partial charge >= 0.3 is 0 Å². The van der Waals surface area contributed by atoms with Gasteiger partial charge in [0.25, 0.3) is 0 Å². The minimum atomic E-state index is 1.13. The SMILES string of the molecule is CCCCCCCCC=CCC=CCCCCCCCC. The van der Waals surface area contributed by atoms with E-state index in [4.69, 9.17) is 0 Å². The van der Waals surface area contributed by atoms with E-state index in [0.29, 0.717) is 0 Å². The predicted molar refractivity (Wildman–Crippen MR) is 98.9 cm³/mol. The third kappa shape index (κ3) is 19.5. The lowest BCUT2D eigenvalue weighted by Gasteiger charge is -1.97. The number of unbranched alkanes of at least 4 members (excludes halogenated alkanes) is 12. The summed E-state index contributed by atoms with van der Waals surface area (Å²) in [5, 5.41) is 0. The van der Waals surface area contributed by atoms with Crippen molar-refractivity contribution in [2.24, 2.45) is 0 Å². The van der Waals surface area contributed by atoms with Crippen LogP contribution in [0.4, 0.5) is 0 Å². The van der Waals surface area contributed by atoms with Crippen molar-refractivity contribution in [2.45, 2.75) is 110 Å². The summed E-state index contributed by atoms with van der Waals surface area (Å²) >= 11 is 0. The minimum Gasteiger partial charge on any atom is -0.0882 e. The maximum atomic E-state index is 2.37. The van der Waals surface area contributed by atoms with Gasteiger partial charge in [0.15, 0.2) is 0 Å². The van der Waals surface area contributed by atoms with Crippen LogP contribution in [-0.4, -0.2) is 0 Å². The molecule has 0 aromatic rings. The Hall–Kier alpha value is -0.520. The predicted octanol–water partition coefficient (Wildman–Crippen LogP) is 7.99. The van der Waals surface area contributed by atoms with E-state index in [2.05, 4.69) is 38.2 Å². The zero-order valence-electron chi connectivity index (χ0n) is 14.9. The first-order chi connectivity index (χ1) is 10.4. The van der Waals surface area contributed by atoms with E-state index in [0.717, 1.165) is 6.42 Å². The van der Waals surface area contributed by atoms with Crippen LogP contribution in [0, 0.1) is 0 Å². The van der Waals surface area contributed by atoms with Crippen molar-refractivity contribution in [1.29, 1.82) is 0 Å². The molecule has 0 fully saturated rings. The average molecular weight is 293 g/mol. The first-order valence-corrected chi connectivity index (χ1v) is 9.71. The van der Waals surface area contributed by atoms with Crippen LogP contribution in [0.25, 0.3) is 0 Å². The van der Waals surface area contributed by atoms with Crippen LogP contribution in [0.3, 0.4) is 0 Å². The van der Waals surface area contributed by atoms with Crippen molar-refractivity contribution in [2.75, 3.05) is 0 Å². The Bertz CT molecular complexity index is 200. The van der Waals surface area contributed by atoms with Crippen LogP contribution in [0.1, 0.15) is 110 Å². The summed E-state index contributed by atoms with van der Waals surface area (Å²) in [5.41, 5.74) is 0. The molecule has 0 saturated heterocycles. The summed E-state index contributed by atoms with van der Waals surface area (Å²) in [6, 6.07) is 0. The topological polar surface area (TPSA) is 0 Å².